The van der Waals surface area contributed by atoms with E-state index in [4.69, 9.17) is 14.2 Å². The van der Waals surface area contributed by atoms with Crippen molar-refractivity contribution in [3.63, 3.8) is 0 Å². The average Bonchev–Trinajstić information content (AvgIpc) is 2.62. The van der Waals surface area contributed by atoms with Crippen molar-refractivity contribution in [2.45, 2.75) is 26.4 Å². The van der Waals surface area contributed by atoms with Gasteiger partial charge in [0.15, 0.2) is 0 Å². The van der Waals surface area contributed by atoms with Gasteiger partial charge in [0.2, 0.25) is 0 Å². The number of methoxy groups -OCH3 is 2. The van der Waals surface area contributed by atoms with Crippen molar-refractivity contribution in [2.24, 2.45) is 0 Å². The number of amides is 1. The lowest BCUT2D eigenvalue weighted by atomic mass is 10.2. The lowest BCUT2D eigenvalue weighted by Crippen LogP contribution is -2.13. The third kappa shape index (κ3) is 4.41. The Bertz CT molecular complexity index is 682. The number of carbonyl (C=O) groups is 1. The number of ether oxygens (including phenoxy) is 3. The van der Waals surface area contributed by atoms with Crippen molar-refractivity contribution in [2.75, 3.05) is 19.5 Å². The molecule has 0 heterocycles. The number of hydrogen-bond donors (Lipinski definition) is 1. The molecule has 0 fully saturated rings. The van der Waals surface area contributed by atoms with E-state index in [1.807, 2.05) is 6.92 Å². The Kier molecular flexibility index (Phi) is 6.07. The molecule has 2 rings (SSSR count). The maximum absolute atomic E-state index is 12.4. The van der Waals surface area contributed by atoms with Crippen molar-refractivity contribution in [1.82, 2.24) is 0 Å². The Labute approximate surface area is 142 Å². The first-order valence-corrected chi connectivity index (χ1v) is 7.87. The second kappa shape index (κ2) is 8.24. The van der Waals surface area contributed by atoms with Crippen LogP contribution in [0.2, 0.25) is 0 Å². The minimum absolute atomic E-state index is 0.144. The van der Waals surface area contributed by atoms with Crippen molar-refractivity contribution in [1.29, 1.82) is 0 Å². The summed E-state index contributed by atoms with van der Waals surface area (Å²) >= 11 is 0. The molecule has 0 aliphatic rings. The normalized spacial score (nSPS) is 11.5. The molecule has 1 N–H and O–H groups in total. The Balaban J connectivity index is 2.12. The molecule has 1 atom stereocenters. The van der Waals surface area contributed by atoms with Gasteiger partial charge in [-0.2, -0.15) is 0 Å². The highest BCUT2D eigenvalue weighted by Gasteiger charge is 2.11. The van der Waals surface area contributed by atoms with Crippen LogP contribution >= 0.6 is 0 Å². The van der Waals surface area contributed by atoms with E-state index in [2.05, 4.69) is 12.2 Å². The zero-order valence-corrected chi connectivity index (χ0v) is 14.5. The number of hydrogen-bond acceptors (Lipinski definition) is 4. The molecule has 0 aliphatic heterocycles. The largest absolute Gasteiger partial charge is 0.497 e. The van der Waals surface area contributed by atoms with E-state index in [1.165, 1.54) is 0 Å². The lowest BCUT2D eigenvalue weighted by Gasteiger charge is -2.13. The molecule has 2 aromatic carbocycles. The van der Waals surface area contributed by atoms with Crippen LogP contribution in [-0.2, 0) is 0 Å². The first-order chi connectivity index (χ1) is 11.6. The van der Waals surface area contributed by atoms with Crippen LogP contribution in [0.25, 0.3) is 0 Å². The molecular formula is C19H23NO4. The summed E-state index contributed by atoms with van der Waals surface area (Å²) in [6.45, 7) is 4.07. The summed E-state index contributed by atoms with van der Waals surface area (Å²) in [4.78, 5) is 12.4. The van der Waals surface area contributed by atoms with E-state index in [0.717, 1.165) is 12.2 Å². The van der Waals surface area contributed by atoms with Crippen molar-refractivity contribution in [3.8, 4) is 17.2 Å². The van der Waals surface area contributed by atoms with E-state index in [0.29, 0.717) is 22.7 Å². The van der Waals surface area contributed by atoms with Gasteiger partial charge in [-0.25, -0.2) is 0 Å². The average molecular weight is 329 g/mol. The van der Waals surface area contributed by atoms with Crippen LogP contribution in [0.5, 0.6) is 17.2 Å². The van der Waals surface area contributed by atoms with Gasteiger partial charge < -0.3 is 19.5 Å². The van der Waals surface area contributed by atoms with Crippen LogP contribution in [0.3, 0.4) is 0 Å². The third-order valence-electron chi connectivity index (χ3n) is 3.68. The summed E-state index contributed by atoms with van der Waals surface area (Å²) in [5, 5.41) is 2.84. The van der Waals surface area contributed by atoms with Crippen LogP contribution in [0.1, 0.15) is 30.6 Å². The van der Waals surface area contributed by atoms with Gasteiger partial charge in [0, 0.05) is 11.6 Å². The zero-order valence-electron chi connectivity index (χ0n) is 14.5. The van der Waals surface area contributed by atoms with Crippen LogP contribution in [0.4, 0.5) is 5.69 Å². The molecule has 0 radical (unpaired) electrons. The molecule has 5 heteroatoms. The minimum Gasteiger partial charge on any atom is -0.497 e. The number of nitrogens with one attached hydrogen (secondary N) is 1. The SMILES string of the molecule is CCC(C)Oc1ccc(C(=O)Nc2cc(OC)ccc2OC)cc1. The fourth-order valence-corrected chi connectivity index (χ4v) is 2.11. The van der Waals surface area contributed by atoms with E-state index < -0.39 is 0 Å². The maximum Gasteiger partial charge on any atom is 0.255 e. The molecule has 0 aliphatic carbocycles. The highest BCUT2D eigenvalue weighted by molar-refractivity contribution is 6.05. The molecule has 0 spiro atoms. The molecule has 1 amide bonds. The number of benzene rings is 2. The first-order valence-electron chi connectivity index (χ1n) is 7.87. The monoisotopic (exact) mass is 329 g/mol. The summed E-state index contributed by atoms with van der Waals surface area (Å²) in [7, 11) is 3.13. The zero-order chi connectivity index (χ0) is 17.5. The second-order valence-corrected chi connectivity index (χ2v) is 5.38. The van der Waals surface area contributed by atoms with Crippen LogP contribution in [0, 0.1) is 0 Å². The summed E-state index contributed by atoms with van der Waals surface area (Å²) in [5.41, 5.74) is 1.10. The predicted octanol–water partition coefficient (Wildman–Crippen LogP) is 4.13. The number of anilines is 1. The van der Waals surface area contributed by atoms with Crippen molar-refractivity contribution in [3.05, 3.63) is 48.0 Å². The Morgan fingerprint density at radius 3 is 2.29 bits per heavy atom. The van der Waals surface area contributed by atoms with Gasteiger partial charge in [-0.1, -0.05) is 6.92 Å². The van der Waals surface area contributed by atoms with Crippen molar-refractivity contribution < 1.29 is 19.0 Å². The minimum atomic E-state index is -0.225. The van der Waals surface area contributed by atoms with Gasteiger partial charge in [-0.05, 0) is 49.7 Å². The Hall–Kier alpha value is -2.69. The molecule has 0 saturated heterocycles. The van der Waals surface area contributed by atoms with Gasteiger partial charge >= 0.3 is 0 Å². The standard InChI is InChI=1S/C19H23NO4/c1-5-13(2)24-15-8-6-14(7-9-15)19(21)20-17-12-16(22-3)10-11-18(17)23-4/h6-13H,5H2,1-4H3,(H,20,21). The summed E-state index contributed by atoms with van der Waals surface area (Å²) in [6.07, 6.45) is 1.07. The van der Waals surface area contributed by atoms with E-state index in [1.54, 1.807) is 56.7 Å². The highest BCUT2D eigenvalue weighted by atomic mass is 16.5. The van der Waals surface area contributed by atoms with Crippen LogP contribution in [-0.4, -0.2) is 26.2 Å². The van der Waals surface area contributed by atoms with E-state index in [9.17, 15) is 4.79 Å². The molecule has 0 saturated carbocycles. The van der Waals surface area contributed by atoms with Gasteiger partial charge in [-0.15, -0.1) is 0 Å². The van der Waals surface area contributed by atoms with Gasteiger partial charge in [-0.3, -0.25) is 4.79 Å². The summed E-state index contributed by atoms with van der Waals surface area (Å²) in [5.74, 6) is 1.74. The maximum atomic E-state index is 12.4. The molecular weight excluding hydrogens is 306 g/mol. The molecule has 2 aromatic rings. The molecule has 24 heavy (non-hydrogen) atoms. The van der Waals surface area contributed by atoms with Gasteiger partial charge in [0.25, 0.3) is 5.91 Å². The van der Waals surface area contributed by atoms with Crippen LogP contribution < -0.4 is 19.5 Å². The van der Waals surface area contributed by atoms with Crippen molar-refractivity contribution >= 4 is 11.6 Å². The Morgan fingerprint density at radius 2 is 1.71 bits per heavy atom. The molecule has 128 valence electrons. The molecule has 0 aromatic heterocycles. The number of carbonyl (C=O) groups excluding carboxylic acids is 1. The molecule has 0 bridgehead atoms. The smallest absolute Gasteiger partial charge is 0.255 e. The van der Waals surface area contributed by atoms with Crippen LogP contribution in [0.15, 0.2) is 42.5 Å². The Morgan fingerprint density at radius 1 is 1.04 bits per heavy atom. The second-order valence-electron chi connectivity index (χ2n) is 5.38. The third-order valence-corrected chi connectivity index (χ3v) is 3.68. The summed E-state index contributed by atoms with van der Waals surface area (Å²) in [6, 6.07) is 12.3. The topological polar surface area (TPSA) is 56.8 Å². The van der Waals surface area contributed by atoms with Gasteiger partial charge in [0.1, 0.15) is 17.2 Å². The lowest BCUT2D eigenvalue weighted by molar-refractivity contribution is 0.102. The first kappa shape index (κ1) is 17.7. The molecule has 1 unspecified atom stereocenters. The number of rotatable bonds is 7. The predicted molar refractivity (Wildman–Crippen MR) is 94.3 cm³/mol. The molecule has 5 nitrogen and oxygen atoms in total. The van der Waals surface area contributed by atoms with Gasteiger partial charge in [0.05, 0.1) is 26.0 Å². The highest BCUT2D eigenvalue weighted by Crippen LogP contribution is 2.29. The fraction of sp³-hybridized carbons (Fsp3) is 0.316. The fourth-order valence-electron chi connectivity index (χ4n) is 2.11. The van der Waals surface area contributed by atoms with E-state index in [-0.39, 0.29) is 12.0 Å². The summed E-state index contributed by atoms with van der Waals surface area (Å²) < 4.78 is 16.2. The van der Waals surface area contributed by atoms with E-state index >= 15 is 0 Å². The quantitative estimate of drug-likeness (QED) is 0.829.